The van der Waals surface area contributed by atoms with Crippen LogP contribution in [-0.2, 0) is 9.47 Å². The number of hydrogen-bond donors (Lipinski definition) is 1. The summed E-state index contributed by atoms with van der Waals surface area (Å²) in [6.45, 7) is 4.29. The van der Waals surface area contributed by atoms with Crippen LogP contribution < -0.4 is 0 Å². The smallest absolute Gasteiger partial charge is 0.0916 e. The van der Waals surface area contributed by atoms with Crippen LogP contribution in [-0.4, -0.2) is 36.6 Å². The minimum absolute atomic E-state index is 0.281. The maximum atomic E-state index is 10.1. The second-order valence-corrected chi connectivity index (χ2v) is 4.33. The molecule has 3 unspecified atom stereocenters. The summed E-state index contributed by atoms with van der Waals surface area (Å²) in [5.74, 6) is 0.281. The van der Waals surface area contributed by atoms with Gasteiger partial charge in [0.05, 0.1) is 18.3 Å². The number of aliphatic hydroxyl groups is 1. The van der Waals surface area contributed by atoms with Crippen molar-refractivity contribution in [3.63, 3.8) is 0 Å². The Balaban J connectivity index is 1.97. The second-order valence-electron chi connectivity index (χ2n) is 4.33. The van der Waals surface area contributed by atoms with Gasteiger partial charge in [-0.15, -0.1) is 0 Å². The van der Waals surface area contributed by atoms with E-state index in [0.29, 0.717) is 6.61 Å². The lowest BCUT2D eigenvalue weighted by atomic mass is 9.86. The van der Waals surface area contributed by atoms with Gasteiger partial charge >= 0.3 is 0 Å². The SMILES string of the molecule is CC1(C(O)C2CCOC2)CCCO1. The topological polar surface area (TPSA) is 38.7 Å². The first-order valence-electron chi connectivity index (χ1n) is 5.12. The van der Waals surface area contributed by atoms with E-state index in [0.717, 1.165) is 32.5 Å². The third kappa shape index (κ3) is 1.73. The lowest BCUT2D eigenvalue weighted by molar-refractivity contribution is -0.101. The molecule has 2 saturated heterocycles. The van der Waals surface area contributed by atoms with E-state index in [1.807, 2.05) is 6.92 Å². The van der Waals surface area contributed by atoms with Crippen LogP contribution in [0.5, 0.6) is 0 Å². The van der Waals surface area contributed by atoms with E-state index >= 15 is 0 Å². The molecule has 3 nitrogen and oxygen atoms in total. The summed E-state index contributed by atoms with van der Waals surface area (Å²) >= 11 is 0. The summed E-state index contributed by atoms with van der Waals surface area (Å²) in [5.41, 5.74) is -0.307. The zero-order valence-corrected chi connectivity index (χ0v) is 8.16. The van der Waals surface area contributed by atoms with E-state index in [9.17, 15) is 5.11 Å². The Morgan fingerprint density at radius 2 is 2.31 bits per heavy atom. The molecule has 3 atom stereocenters. The molecule has 0 amide bonds. The maximum Gasteiger partial charge on any atom is 0.0916 e. The molecule has 0 aromatic heterocycles. The zero-order chi connectivity index (χ0) is 9.31. The van der Waals surface area contributed by atoms with Crippen LogP contribution in [0, 0.1) is 5.92 Å². The highest BCUT2D eigenvalue weighted by Crippen LogP contribution is 2.34. The highest BCUT2D eigenvalue weighted by molar-refractivity contribution is 4.92. The van der Waals surface area contributed by atoms with E-state index in [2.05, 4.69) is 0 Å². The number of hydrogen-bond acceptors (Lipinski definition) is 3. The van der Waals surface area contributed by atoms with Gasteiger partial charge in [-0.05, 0) is 26.2 Å². The van der Waals surface area contributed by atoms with Crippen molar-refractivity contribution in [2.24, 2.45) is 5.92 Å². The standard InChI is InChI=1S/C10H18O3/c1-10(4-2-5-13-10)9(11)8-3-6-12-7-8/h8-9,11H,2-7H2,1H3. The molecule has 0 aliphatic carbocycles. The predicted molar refractivity (Wildman–Crippen MR) is 48.5 cm³/mol. The average Bonchev–Trinajstić information content (AvgIpc) is 2.73. The largest absolute Gasteiger partial charge is 0.390 e. The minimum atomic E-state index is -0.350. The molecule has 0 aromatic rings. The monoisotopic (exact) mass is 186 g/mol. The Bertz CT molecular complexity index is 169. The third-order valence-electron chi connectivity index (χ3n) is 3.29. The van der Waals surface area contributed by atoms with Gasteiger partial charge in [0, 0.05) is 19.1 Å². The fourth-order valence-electron chi connectivity index (χ4n) is 2.33. The Morgan fingerprint density at radius 3 is 2.85 bits per heavy atom. The molecule has 0 spiro atoms. The normalized spacial score (nSPS) is 42.5. The van der Waals surface area contributed by atoms with Gasteiger partial charge in [-0.1, -0.05) is 0 Å². The number of rotatable bonds is 2. The van der Waals surface area contributed by atoms with Crippen LogP contribution in [0.15, 0.2) is 0 Å². The molecule has 76 valence electrons. The molecule has 2 rings (SSSR count). The molecule has 2 aliphatic heterocycles. The van der Waals surface area contributed by atoms with Crippen LogP contribution in [0.4, 0.5) is 0 Å². The van der Waals surface area contributed by atoms with Gasteiger partial charge in [-0.3, -0.25) is 0 Å². The molecule has 3 heteroatoms. The Hall–Kier alpha value is -0.120. The van der Waals surface area contributed by atoms with Crippen molar-refractivity contribution in [3.8, 4) is 0 Å². The minimum Gasteiger partial charge on any atom is -0.390 e. The van der Waals surface area contributed by atoms with Crippen molar-refractivity contribution >= 4 is 0 Å². The van der Waals surface area contributed by atoms with Crippen molar-refractivity contribution < 1.29 is 14.6 Å². The fourth-order valence-corrected chi connectivity index (χ4v) is 2.33. The van der Waals surface area contributed by atoms with E-state index < -0.39 is 0 Å². The summed E-state index contributed by atoms with van der Waals surface area (Å²) in [6.07, 6.45) is 2.67. The number of aliphatic hydroxyl groups excluding tert-OH is 1. The van der Waals surface area contributed by atoms with Crippen LogP contribution in [0.1, 0.15) is 26.2 Å². The molecular formula is C10H18O3. The molecule has 1 N–H and O–H groups in total. The van der Waals surface area contributed by atoms with Gasteiger partial charge in [0.15, 0.2) is 0 Å². The molecule has 0 aromatic carbocycles. The molecule has 13 heavy (non-hydrogen) atoms. The van der Waals surface area contributed by atoms with E-state index in [4.69, 9.17) is 9.47 Å². The highest BCUT2D eigenvalue weighted by atomic mass is 16.5. The van der Waals surface area contributed by atoms with E-state index in [-0.39, 0.29) is 17.6 Å². The molecule has 2 heterocycles. The third-order valence-corrected chi connectivity index (χ3v) is 3.29. The van der Waals surface area contributed by atoms with Crippen molar-refractivity contribution in [1.29, 1.82) is 0 Å². The lowest BCUT2D eigenvalue weighted by Gasteiger charge is -2.32. The predicted octanol–water partition coefficient (Wildman–Crippen LogP) is 0.953. The summed E-state index contributed by atoms with van der Waals surface area (Å²) in [5, 5.41) is 10.1. The zero-order valence-electron chi connectivity index (χ0n) is 8.16. The van der Waals surface area contributed by atoms with E-state index in [1.165, 1.54) is 0 Å². The highest BCUT2D eigenvalue weighted by Gasteiger charge is 2.42. The molecule has 0 saturated carbocycles. The molecule has 2 aliphatic rings. The average molecular weight is 186 g/mol. The van der Waals surface area contributed by atoms with Gasteiger partial charge in [0.2, 0.25) is 0 Å². The van der Waals surface area contributed by atoms with Crippen molar-refractivity contribution in [1.82, 2.24) is 0 Å². The summed E-state index contributed by atoms with van der Waals surface area (Å²) in [6, 6.07) is 0. The second kappa shape index (κ2) is 3.56. The van der Waals surface area contributed by atoms with Crippen LogP contribution in [0.2, 0.25) is 0 Å². The quantitative estimate of drug-likeness (QED) is 0.698. The van der Waals surface area contributed by atoms with Gasteiger partial charge in [-0.25, -0.2) is 0 Å². The summed E-state index contributed by atoms with van der Waals surface area (Å²) in [7, 11) is 0. The molecule has 0 radical (unpaired) electrons. The Kier molecular flexibility index (Phi) is 2.58. The number of ether oxygens (including phenoxy) is 2. The van der Waals surface area contributed by atoms with Gasteiger partial charge < -0.3 is 14.6 Å². The van der Waals surface area contributed by atoms with Crippen LogP contribution >= 0.6 is 0 Å². The first kappa shape index (κ1) is 9.44. The van der Waals surface area contributed by atoms with Crippen molar-refractivity contribution in [3.05, 3.63) is 0 Å². The van der Waals surface area contributed by atoms with Gasteiger partial charge in [0.1, 0.15) is 0 Å². The van der Waals surface area contributed by atoms with Crippen molar-refractivity contribution in [2.75, 3.05) is 19.8 Å². The maximum absolute atomic E-state index is 10.1. The molecule has 0 bridgehead atoms. The van der Waals surface area contributed by atoms with Gasteiger partial charge in [0.25, 0.3) is 0 Å². The molecule has 2 fully saturated rings. The van der Waals surface area contributed by atoms with Crippen LogP contribution in [0.3, 0.4) is 0 Å². The van der Waals surface area contributed by atoms with E-state index in [1.54, 1.807) is 0 Å². The summed E-state index contributed by atoms with van der Waals surface area (Å²) < 4.78 is 10.9. The van der Waals surface area contributed by atoms with Crippen LogP contribution in [0.25, 0.3) is 0 Å². The fraction of sp³-hybridized carbons (Fsp3) is 1.00. The Morgan fingerprint density at radius 1 is 1.46 bits per heavy atom. The molecular weight excluding hydrogens is 168 g/mol. The lowest BCUT2D eigenvalue weighted by Crippen LogP contribution is -2.43. The Labute approximate surface area is 79.0 Å². The first-order valence-corrected chi connectivity index (χ1v) is 5.12. The summed E-state index contributed by atoms with van der Waals surface area (Å²) in [4.78, 5) is 0. The first-order chi connectivity index (χ1) is 6.22. The van der Waals surface area contributed by atoms with Crippen molar-refractivity contribution in [2.45, 2.75) is 37.9 Å². The van der Waals surface area contributed by atoms with Gasteiger partial charge in [-0.2, -0.15) is 0 Å².